The second kappa shape index (κ2) is 8.36. The van der Waals surface area contributed by atoms with Crippen LogP contribution in [0.25, 0.3) is 17.0 Å². The van der Waals surface area contributed by atoms with Crippen molar-refractivity contribution in [1.82, 2.24) is 9.05 Å². The van der Waals surface area contributed by atoms with Gasteiger partial charge in [-0.1, -0.05) is 30.3 Å². The highest BCUT2D eigenvalue weighted by Gasteiger charge is 2.41. The summed E-state index contributed by atoms with van der Waals surface area (Å²) in [6.07, 6.45) is 6.31. The Hall–Kier alpha value is -2.44. The number of ether oxygens (including phenoxy) is 1. The first-order valence-electron chi connectivity index (χ1n) is 10.5. The third-order valence-corrected chi connectivity index (χ3v) is 5.72. The van der Waals surface area contributed by atoms with Crippen molar-refractivity contribution in [2.24, 2.45) is 0 Å². The second-order valence-corrected chi connectivity index (χ2v) is 8.48. The zero-order chi connectivity index (χ0) is 21.2. The van der Waals surface area contributed by atoms with E-state index in [1.54, 1.807) is 0 Å². The first-order valence-corrected chi connectivity index (χ1v) is 10.5. The third-order valence-electron chi connectivity index (χ3n) is 5.72. The van der Waals surface area contributed by atoms with Crippen LogP contribution in [0.2, 0.25) is 0 Å². The molecule has 2 heterocycles. The summed E-state index contributed by atoms with van der Waals surface area (Å²) in [4.78, 5) is 0. The van der Waals surface area contributed by atoms with Crippen LogP contribution >= 0.6 is 0 Å². The minimum Gasteiger partial charge on any atom is -0.394 e. The molecular weight excluding hydrogens is 376 g/mol. The van der Waals surface area contributed by atoms with Gasteiger partial charge in [-0.3, -0.25) is 4.57 Å². The summed E-state index contributed by atoms with van der Waals surface area (Å²) in [5.74, 6) is 1.11. The van der Waals surface area contributed by atoms with Crippen LogP contribution in [0.1, 0.15) is 25.8 Å². The van der Waals surface area contributed by atoms with Crippen molar-refractivity contribution >= 4 is 28.5 Å². The summed E-state index contributed by atoms with van der Waals surface area (Å²) >= 11 is 0. The summed E-state index contributed by atoms with van der Waals surface area (Å²) in [5.41, 5.74) is 2.72. The van der Waals surface area contributed by atoms with Crippen LogP contribution in [-0.2, 0) is 11.3 Å². The molecule has 0 bridgehead atoms. The quantitative estimate of drug-likeness (QED) is 0.413. The van der Waals surface area contributed by atoms with Gasteiger partial charge in [-0.2, -0.15) is 0 Å². The summed E-state index contributed by atoms with van der Waals surface area (Å²) < 4.78 is 8.41. The Labute approximate surface area is 178 Å². The molecule has 2 aromatic carbocycles. The number of para-hydroxylation sites is 2. The number of quaternary nitrogens is 1. The molecule has 157 valence electrons. The average molecular weight is 407 g/mol. The lowest BCUT2D eigenvalue weighted by molar-refractivity contribution is 0.0661. The van der Waals surface area contributed by atoms with Crippen molar-refractivity contribution in [3.8, 4) is 0 Å². The van der Waals surface area contributed by atoms with Crippen molar-refractivity contribution in [2.45, 2.75) is 32.4 Å². The highest BCUT2D eigenvalue weighted by atomic mass is 16.5. The summed E-state index contributed by atoms with van der Waals surface area (Å²) in [5, 5.41) is 20.7. The van der Waals surface area contributed by atoms with Gasteiger partial charge < -0.3 is 14.9 Å². The minimum atomic E-state index is -0.750. The molecule has 1 atom stereocenters. The number of aromatic nitrogens is 1. The van der Waals surface area contributed by atoms with Crippen LogP contribution in [0.4, 0.5) is 11.5 Å². The molecule has 3 aromatic rings. The Morgan fingerprint density at radius 1 is 1.07 bits per heavy atom. The SMILES string of the molecule is CC(C)(O)CCn1c([N+]2(CCOCCO)[C]=Cc3ccccc32)cc2ccccc21. The Morgan fingerprint density at radius 2 is 1.83 bits per heavy atom. The molecular formula is C25H30N2O3+. The standard InChI is InChI=1S/C25H30N2O3/c1-25(2,29)12-13-26-22-9-5-3-8-21(22)19-24(26)27(15-17-30-18-16-28)14-11-20-7-4-6-10-23(20)27/h3-11,19,28-29H,12-13,15-18H2,1-2H3/q+1. The molecule has 5 nitrogen and oxygen atoms in total. The van der Waals surface area contributed by atoms with E-state index < -0.39 is 5.60 Å². The molecule has 1 radical (unpaired) electrons. The second-order valence-electron chi connectivity index (χ2n) is 8.48. The molecule has 1 aliphatic rings. The number of aliphatic hydroxyl groups excluding tert-OH is 1. The fourth-order valence-corrected chi connectivity index (χ4v) is 4.20. The number of fused-ring (bicyclic) bond motifs is 2. The van der Waals surface area contributed by atoms with Gasteiger partial charge in [0.05, 0.1) is 30.9 Å². The molecule has 0 saturated carbocycles. The van der Waals surface area contributed by atoms with E-state index in [-0.39, 0.29) is 6.61 Å². The van der Waals surface area contributed by atoms with E-state index in [2.05, 4.69) is 65.4 Å². The number of rotatable bonds is 9. The topological polar surface area (TPSA) is 54.6 Å². The maximum atomic E-state index is 10.4. The maximum Gasteiger partial charge on any atom is 0.219 e. The van der Waals surface area contributed by atoms with Gasteiger partial charge in [-0.25, -0.2) is 4.48 Å². The van der Waals surface area contributed by atoms with Crippen molar-refractivity contribution in [3.05, 3.63) is 66.4 Å². The highest BCUT2D eigenvalue weighted by Crippen LogP contribution is 2.44. The molecule has 0 fully saturated rings. The highest BCUT2D eigenvalue weighted by molar-refractivity contribution is 5.87. The van der Waals surface area contributed by atoms with Crippen LogP contribution in [0, 0.1) is 6.20 Å². The molecule has 1 aliphatic heterocycles. The number of aryl methyl sites for hydroxylation is 1. The van der Waals surface area contributed by atoms with Crippen molar-refractivity contribution < 1.29 is 14.9 Å². The largest absolute Gasteiger partial charge is 0.394 e. The van der Waals surface area contributed by atoms with Gasteiger partial charge in [0, 0.05) is 35.7 Å². The van der Waals surface area contributed by atoms with E-state index in [1.165, 1.54) is 5.39 Å². The predicted molar refractivity (Wildman–Crippen MR) is 121 cm³/mol. The predicted octanol–water partition coefficient (Wildman–Crippen LogP) is 4.24. The van der Waals surface area contributed by atoms with Crippen LogP contribution < -0.4 is 4.48 Å². The van der Waals surface area contributed by atoms with Gasteiger partial charge in [-0.05, 0) is 32.4 Å². The zero-order valence-electron chi connectivity index (χ0n) is 17.7. The molecule has 2 N–H and O–H groups in total. The molecule has 0 spiro atoms. The molecule has 30 heavy (non-hydrogen) atoms. The van der Waals surface area contributed by atoms with Crippen LogP contribution in [0.5, 0.6) is 0 Å². The van der Waals surface area contributed by atoms with Gasteiger partial charge in [0.25, 0.3) is 0 Å². The number of aliphatic hydroxyl groups is 2. The molecule has 1 unspecified atom stereocenters. The number of nitrogens with zero attached hydrogens (tertiary/aromatic N) is 2. The van der Waals surface area contributed by atoms with E-state index in [1.807, 2.05) is 19.9 Å². The molecule has 0 aliphatic carbocycles. The Morgan fingerprint density at radius 3 is 2.63 bits per heavy atom. The lowest BCUT2D eigenvalue weighted by Crippen LogP contribution is -2.42. The molecule has 0 amide bonds. The number of benzene rings is 2. The average Bonchev–Trinajstić information content (AvgIpc) is 3.29. The lowest BCUT2D eigenvalue weighted by Gasteiger charge is -2.32. The normalized spacial score (nSPS) is 18.3. The van der Waals surface area contributed by atoms with Crippen LogP contribution in [0.15, 0.2) is 54.6 Å². The van der Waals surface area contributed by atoms with E-state index in [0.717, 1.165) is 22.6 Å². The molecule has 0 saturated heterocycles. The smallest absolute Gasteiger partial charge is 0.219 e. The van der Waals surface area contributed by atoms with E-state index in [0.29, 0.717) is 37.2 Å². The molecule has 4 rings (SSSR count). The summed E-state index contributed by atoms with van der Waals surface area (Å²) in [6.45, 7) is 5.92. The van der Waals surface area contributed by atoms with E-state index >= 15 is 0 Å². The summed E-state index contributed by atoms with van der Waals surface area (Å²) in [7, 11) is 0. The molecule has 5 heteroatoms. The van der Waals surface area contributed by atoms with Crippen LogP contribution in [-0.4, -0.2) is 46.7 Å². The van der Waals surface area contributed by atoms with Gasteiger partial charge in [-0.15, -0.1) is 0 Å². The Kier molecular flexibility index (Phi) is 5.80. The third kappa shape index (κ3) is 3.94. The fraction of sp³-hybridized carbons (Fsp3) is 0.360. The summed E-state index contributed by atoms with van der Waals surface area (Å²) in [6, 6.07) is 19.0. The van der Waals surface area contributed by atoms with Gasteiger partial charge >= 0.3 is 0 Å². The first-order chi connectivity index (χ1) is 14.4. The number of hydrogen-bond acceptors (Lipinski definition) is 3. The van der Waals surface area contributed by atoms with Crippen LogP contribution in [0.3, 0.4) is 0 Å². The van der Waals surface area contributed by atoms with Crippen molar-refractivity contribution in [1.29, 1.82) is 0 Å². The first kappa shape index (κ1) is 20.8. The Bertz CT molecular complexity index is 1050. The molecule has 1 aromatic heterocycles. The number of hydrogen-bond donors (Lipinski definition) is 2. The minimum absolute atomic E-state index is 0.0159. The zero-order valence-corrected chi connectivity index (χ0v) is 17.7. The van der Waals surface area contributed by atoms with E-state index in [4.69, 9.17) is 9.84 Å². The Balaban J connectivity index is 1.84. The van der Waals surface area contributed by atoms with Gasteiger partial charge in [0.15, 0.2) is 5.69 Å². The maximum absolute atomic E-state index is 10.4. The van der Waals surface area contributed by atoms with Gasteiger partial charge in [0.2, 0.25) is 12.0 Å². The van der Waals surface area contributed by atoms with Crippen molar-refractivity contribution in [2.75, 3.05) is 26.4 Å². The van der Waals surface area contributed by atoms with Crippen molar-refractivity contribution in [3.63, 3.8) is 0 Å². The monoisotopic (exact) mass is 406 g/mol. The lowest BCUT2D eigenvalue weighted by atomic mass is 10.1. The fourth-order valence-electron chi connectivity index (χ4n) is 4.20. The van der Waals surface area contributed by atoms with Gasteiger partial charge in [0.1, 0.15) is 6.54 Å². The van der Waals surface area contributed by atoms with E-state index in [9.17, 15) is 5.11 Å².